The van der Waals surface area contributed by atoms with Gasteiger partial charge in [0.25, 0.3) is 0 Å². The molecule has 0 aromatic heterocycles. The molecule has 2 atom stereocenters. The molecule has 1 spiro atoms. The van der Waals surface area contributed by atoms with Crippen molar-refractivity contribution in [3.63, 3.8) is 0 Å². The number of carbonyl (C=O) groups is 1. The van der Waals surface area contributed by atoms with E-state index in [1.54, 1.807) is 11.8 Å². The maximum absolute atomic E-state index is 11.9. The molecule has 2 saturated heterocycles. The molecule has 1 aromatic carbocycles. The molecule has 0 amide bonds. The molecule has 26 heavy (non-hydrogen) atoms. The van der Waals surface area contributed by atoms with Crippen LogP contribution in [0.25, 0.3) is 0 Å². The summed E-state index contributed by atoms with van der Waals surface area (Å²) in [4.78, 5) is 15.1. The van der Waals surface area contributed by atoms with Crippen molar-refractivity contribution in [3.05, 3.63) is 23.3 Å². The Bertz CT molecular complexity index is 747. The van der Waals surface area contributed by atoms with E-state index in [1.165, 1.54) is 6.42 Å². The number of fused-ring (bicyclic) bond motifs is 3. The predicted octanol–water partition coefficient (Wildman–Crippen LogP) is 1.50. The molecule has 1 aromatic rings. The molecule has 6 nitrogen and oxygen atoms in total. The van der Waals surface area contributed by atoms with Crippen LogP contribution >= 0.6 is 11.8 Å². The number of hydrogen-bond acceptors (Lipinski definition) is 6. The lowest BCUT2D eigenvalue weighted by molar-refractivity contribution is 0.0228. The van der Waals surface area contributed by atoms with Gasteiger partial charge in [-0.1, -0.05) is 6.07 Å². The number of carboxylic acid groups (broad SMARTS) is 1. The zero-order chi connectivity index (χ0) is 17.9. The maximum Gasteiger partial charge on any atom is 0.526 e. The first-order valence-corrected chi connectivity index (χ1v) is 10.4. The number of benzene rings is 1. The van der Waals surface area contributed by atoms with Crippen LogP contribution in [0.1, 0.15) is 34.7 Å². The van der Waals surface area contributed by atoms with Crippen molar-refractivity contribution in [2.24, 2.45) is 5.41 Å². The van der Waals surface area contributed by atoms with Crippen LogP contribution < -0.4 is 9.97 Å². The van der Waals surface area contributed by atoms with Crippen LogP contribution in [0.15, 0.2) is 17.0 Å². The molecule has 1 saturated carbocycles. The Kier molecular flexibility index (Phi) is 4.01. The number of nitrogens with zero attached hydrogens (tertiary/aromatic N) is 1. The SMILES string of the molecule is O=C(O)c1c(SCCN2CC3(CCNC3)C2)ccc2c1OB(O)C1CC21. The molecule has 3 N–H and O–H groups in total. The van der Waals surface area contributed by atoms with E-state index in [2.05, 4.69) is 10.2 Å². The number of likely N-dealkylation sites (tertiary alicyclic amines) is 1. The minimum Gasteiger partial charge on any atom is -0.535 e. The molecule has 4 aliphatic rings. The van der Waals surface area contributed by atoms with Gasteiger partial charge in [0.05, 0.1) is 0 Å². The summed E-state index contributed by atoms with van der Waals surface area (Å²) in [5.41, 5.74) is 1.66. The van der Waals surface area contributed by atoms with Gasteiger partial charge in [0.2, 0.25) is 0 Å². The first kappa shape index (κ1) is 16.9. The summed E-state index contributed by atoms with van der Waals surface area (Å²) < 4.78 is 5.59. The fourth-order valence-corrected chi connectivity index (χ4v) is 5.89. The van der Waals surface area contributed by atoms with Crippen molar-refractivity contribution >= 4 is 24.8 Å². The van der Waals surface area contributed by atoms with Crippen molar-refractivity contribution in [1.82, 2.24) is 10.2 Å². The van der Waals surface area contributed by atoms with Gasteiger partial charge >= 0.3 is 13.1 Å². The molecule has 5 rings (SSSR count). The lowest BCUT2D eigenvalue weighted by atomic mass is 9.77. The molecule has 1 aliphatic carbocycles. The van der Waals surface area contributed by atoms with Crippen LogP contribution in [0.3, 0.4) is 0 Å². The van der Waals surface area contributed by atoms with Crippen LogP contribution in [0.5, 0.6) is 5.75 Å². The third kappa shape index (κ3) is 2.74. The minimum absolute atomic E-state index is 0.131. The van der Waals surface area contributed by atoms with Crippen LogP contribution in [0, 0.1) is 5.41 Å². The van der Waals surface area contributed by atoms with E-state index in [1.807, 2.05) is 12.1 Å². The van der Waals surface area contributed by atoms with E-state index in [0.29, 0.717) is 11.2 Å². The van der Waals surface area contributed by atoms with Crippen molar-refractivity contribution in [3.8, 4) is 5.75 Å². The zero-order valence-corrected chi connectivity index (χ0v) is 15.4. The normalized spacial score (nSPS) is 28.3. The highest BCUT2D eigenvalue weighted by Crippen LogP contribution is 2.60. The Labute approximate surface area is 157 Å². The largest absolute Gasteiger partial charge is 0.535 e. The summed E-state index contributed by atoms with van der Waals surface area (Å²) in [6.07, 6.45) is 2.15. The fourth-order valence-electron chi connectivity index (χ4n) is 4.83. The second-order valence-electron chi connectivity index (χ2n) is 8.16. The summed E-state index contributed by atoms with van der Waals surface area (Å²) in [5.74, 6) is 0.649. The number of hydrogen-bond donors (Lipinski definition) is 3. The van der Waals surface area contributed by atoms with Crippen molar-refractivity contribution in [1.29, 1.82) is 0 Å². The topological polar surface area (TPSA) is 82.0 Å². The van der Waals surface area contributed by atoms with Gasteiger partial charge in [-0.3, -0.25) is 0 Å². The average molecular weight is 374 g/mol. The van der Waals surface area contributed by atoms with Crippen LogP contribution in [-0.2, 0) is 0 Å². The predicted molar refractivity (Wildman–Crippen MR) is 100 cm³/mol. The maximum atomic E-state index is 11.9. The van der Waals surface area contributed by atoms with Crippen LogP contribution in [0.2, 0.25) is 5.82 Å². The fraction of sp³-hybridized carbons (Fsp3) is 0.611. The Balaban J connectivity index is 1.26. The van der Waals surface area contributed by atoms with Gasteiger partial charge in [0.15, 0.2) is 0 Å². The number of carboxylic acids is 1. The van der Waals surface area contributed by atoms with Gasteiger partial charge in [-0.25, -0.2) is 4.79 Å². The first-order chi connectivity index (χ1) is 12.6. The highest BCUT2D eigenvalue weighted by atomic mass is 32.2. The zero-order valence-electron chi connectivity index (χ0n) is 14.6. The third-order valence-electron chi connectivity index (χ3n) is 6.32. The summed E-state index contributed by atoms with van der Waals surface area (Å²) in [7, 11) is -0.872. The average Bonchev–Trinajstić information content (AvgIpc) is 3.24. The van der Waals surface area contributed by atoms with Crippen molar-refractivity contribution in [2.45, 2.75) is 29.5 Å². The summed E-state index contributed by atoms with van der Waals surface area (Å²) in [6, 6.07) is 3.91. The Morgan fingerprint density at radius 3 is 3.04 bits per heavy atom. The lowest BCUT2D eigenvalue weighted by Crippen LogP contribution is -2.57. The van der Waals surface area contributed by atoms with E-state index in [0.717, 1.165) is 55.4 Å². The van der Waals surface area contributed by atoms with E-state index < -0.39 is 13.1 Å². The van der Waals surface area contributed by atoms with Crippen LogP contribution in [-0.4, -0.2) is 66.6 Å². The molecule has 3 fully saturated rings. The molecule has 2 unspecified atom stereocenters. The van der Waals surface area contributed by atoms with Crippen molar-refractivity contribution in [2.75, 3.05) is 38.5 Å². The smallest absolute Gasteiger partial charge is 0.526 e. The molecular weight excluding hydrogens is 351 g/mol. The number of aromatic carboxylic acids is 1. The quantitative estimate of drug-likeness (QED) is 0.532. The molecule has 0 radical (unpaired) electrons. The summed E-state index contributed by atoms with van der Waals surface area (Å²) in [6.45, 7) is 5.53. The van der Waals surface area contributed by atoms with Gasteiger partial charge in [-0.05, 0) is 36.9 Å². The molecular formula is C18H23BN2O4S. The molecule has 3 aliphatic heterocycles. The van der Waals surface area contributed by atoms with E-state index >= 15 is 0 Å². The van der Waals surface area contributed by atoms with Crippen molar-refractivity contribution < 1.29 is 19.6 Å². The monoisotopic (exact) mass is 374 g/mol. The Morgan fingerprint density at radius 2 is 2.31 bits per heavy atom. The van der Waals surface area contributed by atoms with Gasteiger partial charge in [0.1, 0.15) is 11.3 Å². The second kappa shape index (κ2) is 6.16. The van der Waals surface area contributed by atoms with Gasteiger partial charge < -0.3 is 25.0 Å². The highest BCUT2D eigenvalue weighted by molar-refractivity contribution is 7.99. The second-order valence-corrected chi connectivity index (χ2v) is 9.30. The summed E-state index contributed by atoms with van der Waals surface area (Å²) >= 11 is 1.57. The molecule has 3 heterocycles. The summed E-state index contributed by atoms with van der Waals surface area (Å²) in [5, 5.41) is 23.2. The van der Waals surface area contributed by atoms with Gasteiger partial charge in [0, 0.05) is 48.1 Å². The number of thioether (sulfide) groups is 1. The third-order valence-corrected chi connectivity index (χ3v) is 7.36. The standard InChI is InChI=1S/C18H23BN2O4S/c22-17(23)15-14(2-1-11-12-7-13(12)19(24)25-16(11)15)26-6-5-21-9-18(10-21)3-4-20-8-18/h1-2,12-13,20,24H,3-10H2,(H,22,23). The number of rotatable bonds is 5. The minimum atomic E-state index is -0.976. The van der Waals surface area contributed by atoms with Crippen LogP contribution in [0.4, 0.5) is 0 Å². The Hall–Kier alpha value is -1.22. The van der Waals surface area contributed by atoms with E-state index in [-0.39, 0.29) is 17.3 Å². The van der Waals surface area contributed by atoms with E-state index in [4.69, 9.17) is 4.65 Å². The molecule has 0 bridgehead atoms. The van der Waals surface area contributed by atoms with Gasteiger partial charge in [-0.2, -0.15) is 0 Å². The highest BCUT2D eigenvalue weighted by Gasteiger charge is 2.54. The van der Waals surface area contributed by atoms with E-state index in [9.17, 15) is 14.9 Å². The first-order valence-electron chi connectivity index (χ1n) is 9.37. The van der Waals surface area contributed by atoms with Gasteiger partial charge in [-0.15, -0.1) is 11.8 Å². The molecule has 138 valence electrons. The lowest BCUT2D eigenvalue weighted by Gasteiger charge is -2.47. The molecule has 8 heteroatoms. The number of nitrogens with one attached hydrogen (secondary N) is 1. The Morgan fingerprint density at radius 1 is 1.46 bits per heavy atom.